The largest absolute Gasteiger partial charge is 0.507 e. The highest BCUT2D eigenvalue weighted by molar-refractivity contribution is 6.36. The second-order valence-corrected chi connectivity index (χ2v) is 4.96. The van der Waals surface area contributed by atoms with Gasteiger partial charge in [-0.05, 0) is 24.3 Å². The van der Waals surface area contributed by atoms with E-state index in [9.17, 15) is 5.11 Å². The third-order valence-electron chi connectivity index (χ3n) is 2.72. The number of aromatic hydroxyl groups is 1. The second-order valence-electron chi connectivity index (χ2n) is 4.12. The summed E-state index contributed by atoms with van der Waals surface area (Å²) < 4.78 is 0. The van der Waals surface area contributed by atoms with Crippen molar-refractivity contribution in [2.75, 3.05) is 6.54 Å². The second kappa shape index (κ2) is 6.60. The summed E-state index contributed by atoms with van der Waals surface area (Å²) in [5.74, 6) is 0.108. The minimum absolute atomic E-state index is 0.108. The number of benzene rings is 2. The minimum Gasteiger partial charge on any atom is -0.507 e. The lowest BCUT2D eigenvalue weighted by molar-refractivity contribution is 0.474. The molecule has 0 saturated carbocycles. The van der Waals surface area contributed by atoms with Crippen LogP contribution in [-0.2, 0) is 0 Å². The molecule has 0 aliphatic rings. The predicted molar refractivity (Wildman–Crippen MR) is 85.3 cm³/mol. The molecule has 0 saturated heterocycles. The SMILES string of the molecule is C=CCN=C(c1cc(Cl)ccc1O)c1ccccc1Cl. The molecular formula is C16H13Cl2NO. The molecule has 0 radical (unpaired) electrons. The first-order valence-electron chi connectivity index (χ1n) is 6.02. The fraction of sp³-hybridized carbons (Fsp3) is 0.0625. The van der Waals surface area contributed by atoms with Gasteiger partial charge in [-0.2, -0.15) is 0 Å². The lowest BCUT2D eigenvalue weighted by Crippen LogP contribution is -2.05. The van der Waals surface area contributed by atoms with E-state index in [-0.39, 0.29) is 5.75 Å². The van der Waals surface area contributed by atoms with Crippen LogP contribution in [0.2, 0.25) is 10.0 Å². The molecule has 0 spiro atoms. The lowest BCUT2D eigenvalue weighted by atomic mass is 10.0. The van der Waals surface area contributed by atoms with Gasteiger partial charge in [-0.1, -0.05) is 47.5 Å². The summed E-state index contributed by atoms with van der Waals surface area (Å²) in [5.41, 5.74) is 1.89. The van der Waals surface area contributed by atoms with E-state index in [4.69, 9.17) is 23.2 Å². The zero-order chi connectivity index (χ0) is 14.5. The highest BCUT2D eigenvalue weighted by Gasteiger charge is 2.14. The van der Waals surface area contributed by atoms with E-state index in [1.165, 1.54) is 6.07 Å². The van der Waals surface area contributed by atoms with Crippen molar-refractivity contribution in [1.29, 1.82) is 0 Å². The molecule has 102 valence electrons. The molecule has 2 aromatic rings. The van der Waals surface area contributed by atoms with Gasteiger partial charge in [0.2, 0.25) is 0 Å². The average Bonchev–Trinajstić information content (AvgIpc) is 2.44. The molecule has 2 aromatic carbocycles. The molecule has 0 amide bonds. The molecule has 0 aliphatic carbocycles. The van der Waals surface area contributed by atoms with E-state index < -0.39 is 0 Å². The Morgan fingerprint density at radius 2 is 1.90 bits per heavy atom. The van der Waals surface area contributed by atoms with Gasteiger partial charge in [0.15, 0.2) is 0 Å². The highest BCUT2D eigenvalue weighted by Crippen LogP contribution is 2.27. The van der Waals surface area contributed by atoms with E-state index in [1.54, 1.807) is 24.3 Å². The molecule has 0 aromatic heterocycles. The van der Waals surface area contributed by atoms with Crippen molar-refractivity contribution < 1.29 is 5.11 Å². The molecule has 0 heterocycles. The molecule has 0 aliphatic heterocycles. The van der Waals surface area contributed by atoms with E-state index >= 15 is 0 Å². The minimum atomic E-state index is 0.108. The molecule has 1 N–H and O–H groups in total. The van der Waals surface area contributed by atoms with Gasteiger partial charge >= 0.3 is 0 Å². The lowest BCUT2D eigenvalue weighted by Gasteiger charge is -2.11. The zero-order valence-electron chi connectivity index (χ0n) is 10.7. The maximum Gasteiger partial charge on any atom is 0.125 e. The molecule has 0 atom stereocenters. The number of phenols is 1. The van der Waals surface area contributed by atoms with Gasteiger partial charge in [0.1, 0.15) is 5.75 Å². The number of halogens is 2. The van der Waals surface area contributed by atoms with Crippen LogP contribution in [-0.4, -0.2) is 17.4 Å². The zero-order valence-corrected chi connectivity index (χ0v) is 12.2. The van der Waals surface area contributed by atoms with Crippen LogP contribution >= 0.6 is 23.2 Å². The molecule has 2 nitrogen and oxygen atoms in total. The van der Waals surface area contributed by atoms with E-state index in [1.807, 2.05) is 18.2 Å². The van der Waals surface area contributed by atoms with Crippen molar-refractivity contribution >= 4 is 28.9 Å². The number of aliphatic imine (C=N–C) groups is 1. The monoisotopic (exact) mass is 305 g/mol. The van der Waals surface area contributed by atoms with Crippen LogP contribution in [0.25, 0.3) is 0 Å². The van der Waals surface area contributed by atoms with Crippen molar-refractivity contribution in [2.24, 2.45) is 4.99 Å². The Bertz CT molecular complexity index is 665. The summed E-state index contributed by atoms with van der Waals surface area (Å²) in [6.45, 7) is 4.08. The fourth-order valence-corrected chi connectivity index (χ4v) is 2.22. The van der Waals surface area contributed by atoms with Crippen LogP contribution < -0.4 is 0 Å². The normalized spacial score (nSPS) is 11.4. The van der Waals surface area contributed by atoms with Gasteiger partial charge in [0, 0.05) is 21.2 Å². The van der Waals surface area contributed by atoms with Gasteiger partial charge in [-0.25, -0.2) is 0 Å². The molecule has 2 rings (SSSR count). The summed E-state index contributed by atoms with van der Waals surface area (Å²) in [4.78, 5) is 4.44. The Morgan fingerprint density at radius 3 is 2.60 bits per heavy atom. The number of rotatable bonds is 4. The third-order valence-corrected chi connectivity index (χ3v) is 3.29. The standard InChI is InChI=1S/C16H13Cl2NO/c1-2-9-19-16(12-5-3-4-6-14(12)18)13-10-11(17)7-8-15(13)20/h2-8,10,20H,1,9H2. The Morgan fingerprint density at radius 1 is 1.15 bits per heavy atom. The Hall–Kier alpha value is -1.77. The van der Waals surface area contributed by atoms with E-state index in [2.05, 4.69) is 11.6 Å². The molecule has 20 heavy (non-hydrogen) atoms. The smallest absolute Gasteiger partial charge is 0.125 e. The van der Waals surface area contributed by atoms with Crippen LogP contribution in [0.1, 0.15) is 11.1 Å². The van der Waals surface area contributed by atoms with Crippen molar-refractivity contribution in [3.05, 3.63) is 76.3 Å². The van der Waals surface area contributed by atoms with Crippen molar-refractivity contribution in [3.8, 4) is 5.75 Å². The van der Waals surface area contributed by atoms with Crippen LogP contribution in [0.3, 0.4) is 0 Å². The summed E-state index contributed by atoms with van der Waals surface area (Å²) in [7, 11) is 0. The van der Waals surface area contributed by atoms with Gasteiger partial charge < -0.3 is 5.11 Å². The van der Waals surface area contributed by atoms with Crippen LogP contribution in [0, 0.1) is 0 Å². The Balaban J connectivity index is 2.62. The number of nitrogens with zero attached hydrogens (tertiary/aromatic N) is 1. The maximum atomic E-state index is 10.0. The van der Waals surface area contributed by atoms with E-state index in [0.29, 0.717) is 27.9 Å². The van der Waals surface area contributed by atoms with Crippen molar-refractivity contribution in [3.63, 3.8) is 0 Å². The topological polar surface area (TPSA) is 32.6 Å². The number of hydrogen-bond donors (Lipinski definition) is 1. The van der Waals surface area contributed by atoms with Crippen LogP contribution in [0.15, 0.2) is 60.1 Å². The summed E-state index contributed by atoms with van der Waals surface area (Å²) >= 11 is 12.2. The Labute approximate surface area is 128 Å². The fourth-order valence-electron chi connectivity index (χ4n) is 1.82. The molecule has 0 fully saturated rings. The van der Waals surface area contributed by atoms with Gasteiger partial charge in [-0.15, -0.1) is 6.58 Å². The summed E-state index contributed by atoms with van der Waals surface area (Å²) in [6, 6.07) is 12.2. The molecule has 4 heteroatoms. The maximum absolute atomic E-state index is 10.0. The summed E-state index contributed by atoms with van der Waals surface area (Å²) in [6.07, 6.45) is 1.68. The first kappa shape index (κ1) is 14.6. The molecular weight excluding hydrogens is 293 g/mol. The number of phenolic OH excluding ortho intramolecular Hbond substituents is 1. The third kappa shape index (κ3) is 3.21. The molecule has 0 unspecified atom stereocenters. The van der Waals surface area contributed by atoms with E-state index in [0.717, 1.165) is 5.56 Å². The quantitative estimate of drug-likeness (QED) is 0.643. The first-order chi connectivity index (χ1) is 9.63. The average molecular weight is 306 g/mol. The first-order valence-corrected chi connectivity index (χ1v) is 6.78. The highest BCUT2D eigenvalue weighted by atomic mass is 35.5. The predicted octanol–water partition coefficient (Wildman–Crippen LogP) is 4.72. The van der Waals surface area contributed by atoms with Crippen molar-refractivity contribution in [2.45, 2.75) is 0 Å². The molecule has 0 bridgehead atoms. The number of hydrogen-bond acceptors (Lipinski definition) is 2. The Kier molecular flexibility index (Phi) is 4.83. The van der Waals surface area contributed by atoms with Crippen LogP contribution in [0.5, 0.6) is 5.75 Å². The van der Waals surface area contributed by atoms with Crippen molar-refractivity contribution in [1.82, 2.24) is 0 Å². The van der Waals surface area contributed by atoms with Gasteiger partial charge in [-0.3, -0.25) is 4.99 Å². The van der Waals surface area contributed by atoms with Crippen LogP contribution in [0.4, 0.5) is 0 Å². The van der Waals surface area contributed by atoms with Gasteiger partial charge in [0.25, 0.3) is 0 Å². The summed E-state index contributed by atoms with van der Waals surface area (Å²) in [5, 5.41) is 11.1. The van der Waals surface area contributed by atoms with Gasteiger partial charge in [0.05, 0.1) is 12.3 Å².